The highest BCUT2D eigenvalue weighted by Gasteiger charge is 2.19. The molecule has 0 atom stereocenters. The number of methoxy groups -OCH3 is 1. The zero-order chi connectivity index (χ0) is 14.8. The van der Waals surface area contributed by atoms with Crippen molar-refractivity contribution in [1.82, 2.24) is 4.98 Å². The van der Waals surface area contributed by atoms with Crippen LogP contribution < -0.4 is 0 Å². The van der Waals surface area contributed by atoms with Crippen molar-refractivity contribution in [1.29, 1.82) is 0 Å². The monoisotopic (exact) mass is 271 g/mol. The first-order valence-electron chi connectivity index (χ1n) is 6.88. The summed E-state index contributed by atoms with van der Waals surface area (Å²) >= 11 is 0. The van der Waals surface area contributed by atoms with E-state index in [2.05, 4.69) is 4.98 Å². The largest absolute Gasteiger partial charge is 0.379 e. The average Bonchev–Trinajstić information content (AvgIpc) is 2.44. The molecule has 0 aliphatic rings. The fourth-order valence-electron chi connectivity index (χ4n) is 2.19. The molecule has 2 aromatic rings. The Morgan fingerprint density at radius 2 is 2.00 bits per heavy atom. The lowest BCUT2D eigenvalue weighted by Crippen LogP contribution is -2.23. The van der Waals surface area contributed by atoms with Gasteiger partial charge in [-0.05, 0) is 39.3 Å². The Morgan fingerprint density at radius 1 is 1.30 bits per heavy atom. The fourth-order valence-corrected chi connectivity index (χ4v) is 2.19. The molecule has 0 N–H and O–H groups in total. The van der Waals surface area contributed by atoms with Gasteiger partial charge in [0.1, 0.15) is 0 Å². The molecule has 20 heavy (non-hydrogen) atoms. The van der Waals surface area contributed by atoms with Crippen LogP contribution in [0.25, 0.3) is 10.9 Å². The number of benzene rings is 1. The maximum atomic E-state index is 12.5. The number of aromatic nitrogens is 1. The smallest absolute Gasteiger partial charge is 0.163 e. The number of nitrogens with zero attached hydrogens (tertiary/aromatic N) is 1. The number of aryl methyl sites for hydroxylation is 1. The summed E-state index contributed by atoms with van der Waals surface area (Å²) in [6.07, 6.45) is 1.19. The van der Waals surface area contributed by atoms with E-state index >= 15 is 0 Å². The Bertz CT molecular complexity index is 632. The number of hydrogen-bond acceptors (Lipinski definition) is 3. The van der Waals surface area contributed by atoms with Gasteiger partial charge in [0.05, 0.1) is 11.1 Å². The molecule has 3 heteroatoms. The summed E-state index contributed by atoms with van der Waals surface area (Å²) in [6.45, 7) is 5.91. The molecule has 0 saturated heterocycles. The highest BCUT2D eigenvalue weighted by atomic mass is 16.5. The maximum absolute atomic E-state index is 12.5. The Labute approximate surface area is 120 Å². The van der Waals surface area contributed by atoms with Crippen LogP contribution in [0.2, 0.25) is 0 Å². The van der Waals surface area contributed by atoms with E-state index < -0.39 is 0 Å². The summed E-state index contributed by atoms with van der Waals surface area (Å²) in [7, 11) is 1.68. The normalized spacial score (nSPS) is 11.8. The lowest BCUT2D eigenvalue weighted by Gasteiger charge is -2.22. The van der Waals surface area contributed by atoms with Crippen molar-refractivity contribution in [3.63, 3.8) is 0 Å². The molecule has 0 aliphatic carbocycles. The predicted octanol–water partition coefficient (Wildman–Crippen LogP) is 3.93. The van der Waals surface area contributed by atoms with E-state index in [1.165, 1.54) is 0 Å². The molecular weight excluding hydrogens is 250 g/mol. The van der Waals surface area contributed by atoms with E-state index in [9.17, 15) is 4.79 Å². The number of ketones is 1. The van der Waals surface area contributed by atoms with Crippen LogP contribution >= 0.6 is 0 Å². The Hall–Kier alpha value is -1.74. The molecule has 2 rings (SSSR count). The highest BCUT2D eigenvalue weighted by molar-refractivity contribution is 6.07. The van der Waals surface area contributed by atoms with Gasteiger partial charge in [-0.1, -0.05) is 18.2 Å². The molecule has 1 aromatic carbocycles. The summed E-state index contributed by atoms with van der Waals surface area (Å²) in [5, 5.41) is 0.929. The Kier molecular flexibility index (Phi) is 4.19. The second-order valence-electron chi connectivity index (χ2n) is 5.72. The number of hydrogen-bond donors (Lipinski definition) is 0. The van der Waals surface area contributed by atoms with E-state index in [1.54, 1.807) is 7.11 Å². The number of carbonyl (C=O) groups excluding carboxylic acids is 1. The number of Topliss-reactive ketones (excluding diaryl/α,β-unsaturated/α-hetero) is 1. The van der Waals surface area contributed by atoms with E-state index in [4.69, 9.17) is 4.74 Å². The van der Waals surface area contributed by atoms with Crippen molar-refractivity contribution in [2.24, 2.45) is 0 Å². The first kappa shape index (κ1) is 14.7. The van der Waals surface area contributed by atoms with Crippen LogP contribution in [-0.4, -0.2) is 23.5 Å². The molecule has 0 fully saturated rings. The standard InChI is InChI=1S/C17H21NO2/c1-12-11-14(13-7-5-6-8-15(13)18-12)16(19)9-10-17(2,3)20-4/h5-8,11H,9-10H2,1-4H3. The van der Waals surface area contributed by atoms with Crippen molar-refractivity contribution in [3.8, 4) is 0 Å². The minimum atomic E-state index is -0.270. The number of ether oxygens (including phenoxy) is 1. The first-order chi connectivity index (χ1) is 9.43. The van der Waals surface area contributed by atoms with Crippen LogP contribution in [0.3, 0.4) is 0 Å². The van der Waals surface area contributed by atoms with Gasteiger partial charge in [-0.3, -0.25) is 9.78 Å². The van der Waals surface area contributed by atoms with Gasteiger partial charge in [-0.15, -0.1) is 0 Å². The van der Waals surface area contributed by atoms with E-state index in [0.717, 1.165) is 22.2 Å². The maximum Gasteiger partial charge on any atom is 0.163 e. The van der Waals surface area contributed by atoms with Crippen LogP contribution in [0.15, 0.2) is 30.3 Å². The van der Waals surface area contributed by atoms with Gasteiger partial charge in [0.2, 0.25) is 0 Å². The summed E-state index contributed by atoms with van der Waals surface area (Å²) in [5.41, 5.74) is 2.24. The van der Waals surface area contributed by atoms with E-state index in [1.807, 2.05) is 51.1 Å². The molecule has 1 heterocycles. The Morgan fingerprint density at radius 3 is 2.70 bits per heavy atom. The quantitative estimate of drug-likeness (QED) is 0.773. The zero-order valence-corrected chi connectivity index (χ0v) is 12.6. The predicted molar refractivity (Wildman–Crippen MR) is 81.1 cm³/mol. The van der Waals surface area contributed by atoms with Gasteiger partial charge in [0, 0.05) is 30.2 Å². The molecule has 0 amide bonds. The van der Waals surface area contributed by atoms with Crippen molar-refractivity contribution < 1.29 is 9.53 Å². The van der Waals surface area contributed by atoms with E-state index in [-0.39, 0.29) is 11.4 Å². The molecule has 0 spiro atoms. The summed E-state index contributed by atoms with van der Waals surface area (Å²) < 4.78 is 5.37. The van der Waals surface area contributed by atoms with Crippen LogP contribution in [0.4, 0.5) is 0 Å². The number of carbonyl (C=O) groups is 1. The molecule has 106 valence electrons. The second kappa shape index (κ2) is 5.71. The summed E-state index contributed by atoms with van der Waals surface area (Å²) in [6, 6.07) is 9.66. The minimum Gasteiger partial charge on any atom is -0.379 e. The molecule has 0 bridgehead atoms. The highest BCUT2D eigenvalue weighted by Crippen LogP contribution is 2.22. The third kappa shape index (κ3) is 3.23. The molecule has 0 aliphatic heterocycles. The SMILES string of the molecule is COC(C)(C)CCC(=O)c1cc(C)nc2ccccc12. The van der Waals surface area contributed by atoms with Gasteiger partial charge in [-0.25, -0.2) is 0 Å². The lowest BCUT2D eigenvalue weighted by molar-refractivity contribution is 0.0142. The molecular formula is C17H21NO2. The molecule has 0 unspecified atom stereocenters. The van der Waals surface area contributed by atoms with Crippen LogP contribution in [0, 0.1) is 6.92 Å². The molecule has 1 aromatic heterocycles. The van der Waals surface area contributed by atoms with Gasteiger partial charge in [-0.2, -0.15) is 0 Å². The summed E-state index contributed by atoms with van der Waals surface area (Å²) in [4.78, 5) is 17.0. The third-order valence-corrected chi connectivity index (χ3v) is 3.65. The number of fused-ring (bicyclic) bond motifs is 1. The molecule has 0 saturated carbocycles. The van der Waals surface area contributed by atoms with Crippen molar-refractivity contribution in [3.05, 3.63) is 41.6 Å². The van der Waals surface area contributed by atoms with Crippen molar-refractivity contribution in [2.45, 2.75) is 39.2 Å². The molecule has 0 radical (unpaired) electrons. The van der Waals surface area contributed by atoms with Gasteiger partial charge in [0.25, 0.3) is 0 Å². The minimum absolute atomic E-state index is 0.150. The number of rotatable bonds is 5. The van der Waals surface area contributed by atoms with Crippen LogP contribution in [-0.2, 0) is 4.74 Å². The second-order valence-corrected chi connectivity index (χ2v) is 5.72. The zero-order valence-electron chi connectivity index (χ0n) is 12.6. The molecule has 3 nitrogen and oxygen atoms in total. The van der Waals surface area contributed by atoms with Crippen molar-refractivity contribution >= 4 is 16.7 Å². The van der Waals surface area contributed by atoms with E-state index in [0.29, 0.717) is 12.8 Å². The first-order valence-corrected chi connectivity index (χ1v) is 6.88. The third-order valence-electron chi connectivity index (χ3n) is 3.65. The number of para-hydroxylation sites is 1. The van der Waals surface area contributed by atoms with Crippen molar-refractivity contribution in [2.75, 3.05) is 7.11 Å². The van der Waals surface area contributed by atoms with Gasteiger partial charge < -0.3 is 4.74 Å². The lowest BCUT2D eigenvalue weighted by atomic mass is 9.95. The average molecular weight is 271 g/mol. The van der Waals surface area contributed by atoms with Crippen LogP contribution in [0.1, 0.15) is 42.7 Å². The summed E-state index contributed by atoms with van der Waals surface area (Å²) in [5.74, 6) is 0.150. The Balaban J connectivity index is 2.30. The number of pyridine rings is 1. The van der Waals surface area contributed by atoms with Gasteiger partial charge in [0.15, 0.2) is 5.78 Å². The van der Waals surface area contributed by atoms with Gasteiger partial charge >= 0.3 is 0 Å². The van der Waals surface area contributed by atoms with Crippen LogP contribution in [0.5, 0.6) is 0 Å². The fraction of sp³-hybridized carbons (Fsp3) is 0.412. The topological polar surface area (TPSA) is 39.2 Å².